The molecule has 2 fully saturated rings. The van der Waals surface area contributed by atoms with Crippen LogP contribution in [0.2, 0.25) is 0 Å². The predicted octanol–water partition coefficient (Wildman–Crippen LogP) is 2.01. The molecule has 10 nitrogen and oxygen atoms in total. The minimum absolute atomic E-state index is 0.0709. The summed E-state index contributed by atoms with van der Waals surface area (Å²) in [6.45, 7) is 16.4. The first-order valence-corrected chi connectivity index (χ1v) is 11.1. The first-order valence-electron chi connectivity index (χ1n) is 11.1. The Kier molecular flexibility index (Phi) is 10.7. The number of nitrogens with zero attached hydrogens (tertiary/aromatic N) is 2. The van der Waals surface area contributed by atoms with Crippen LogP contribution in [0, 0.1) is 0 Å². The zero-order valence-electron chi connectivity index (χ0n) is 20.8. The van der Waals surface area contributed by atoms with Crippen LogP contribution >= 0.6 is 0 Å². The summed E-state index contributed by atoms with van der Waals surface area (Å²) in [6, 6.07) is 0. The Balaban J connectivity index is 0.000000320. The molecule has 0 bridgehead atoms. The number of hydrogen-bond acceptors (Lipinski definition) is 8. The van der Waals surface area contributed by atoms with Crippen molar-refractivity contribution in [2.24, 2.45) is 0 Å². The molecule has 2 saturated heterocycles. The molecule has 32 heavy (non-hydrogen) atoms. The van der Waals surface area contributed by atoms with Crippen molar-refractivity contribution in [1.29, 1.82) is 0 Å². The Labute approximate surface area is 191 Å². The molecule has 0 aromatic carbocycles. The molecule has 0 saturated carbocycles. The Morgan fingerprint density at radius 3 is 1.31 bits per heavy atom. The topological polar surface area (TPSA) is 118 Å². The van der Waals surface area contributed by atoms with E-state index in [1.807, 2.05) is 55.4 Å². The van der Waals surface area contributed by atoms with Crippen molar-refractivity contribution in [3.8, 4) is 0 Å². The second kappa shape index (κ2) is 12.0. The van der Waals surface area contributed by atoms with Crippen LogP contribution in [0.1, 0.15) is 55.4 Å². The number of carbonyl (C=O) groups excluding carboxylic acids is 2. The van der Waals surface area contributed by atoms with Gasteiger partial charge in [0.05, 0.1) is 63.8 Å². The summed E-state index contributed by atoms with van der Waals surface area (Å²) in [7, 11) is 0. The van der Waals surface area contributed by atoms with Gasteiger partial charge in [0.15, 0.2) is 0 Å². The summed E-state index contributed by atoms with van der Waals surface area (Å²) in [5.74, 6) is 0. The summed E-state index contributed by atoms with van der Waals surface area (Å²) in [5.41, 5.74) is -0.985. The van der Waals surface area contributed by atoms with E-state index in [-0.39, 0.29) is 49.8 Å². The van der Waals surface area contributed by atoms with Gasteiger partial charge in [-0.15, -0.1) is 0 Å². The maximum absolute atomic E-state index is 11.8. The van der Waals surface area contributed by atoms with Crippen molar-refractivity contribution in [3.63, 3.8) is 0 Å². The maximum atomic E-state index is 11.8. The summed E-state index contributed by atoms with van der Waals surface area (Å²) >= 11 is 0. The highest BCUT2D eigenvalue weighted by molar-refractivity contribution is 5.68. The van der Waals surface area contributed by atoms with Crippen LogP contribution in [-0.4, -0.2) is 107 Å². The molecule has 2 aliphatic rings. The SMILES string of the molecule is C[C@@H]1CN(C(=O)OC(C)(C)C)C[C@H](CO)O1.C[C@H]1CN(C(=O)OC(C)(C)C)C[C@@H](CO)O1. The van der Waals surface area contributed by atoms with E-state index in [2.05, 4.69) is 0 Å². The molecule has 0 aliphatic carbocycles. The van der Waals surface area contributed by atoms with Gasteiger partial charge in [-0.25, -0.2) is 9.59 Å². The quantitative estimate of drug-likeness (QED) is 0.640. The molecule has 0 radical (unpaired) electrons. The molecular weight excluding hydrogens is 420 g/mol. The van der Waals surface area contributed by atoms with Crippen LogP contribution in [0.15, 0.2) is 0 Å². The number of morpholine rings is 2. The van der Waals surface area contributed by atoms with Crippen molar-refractivity contribution in [3.05, 3.63) is 0 Å². The van der Waals surface area contributed by atoms with E-state index >= 15 is 0 Å². The summed E-state index contributed by atoms with van der Waals surface area (Å²) < 4.78 is 21.4. The van der Waals surface area contributed by atoms with Crippen molar-refractivity contribution in [2.45, 2.75) is 91.0 Å². The third-order valence-corrected chi connectivity index (χ3v) is 4.36. The van der Waals surface area contributed by atoms with E-state index < -0.39 is 11.2 Å². The van der Waals surface area contributed by atoms with E-state index in [0.717, 1.165) is 0 Å². The van der Waals surface area contributed by atoms with E-state index in [4.69, 9.17) is 29.2 Å². The summed E-state index contributed by atoms with van der Waals surface area (Å²) in [4.78, 5) is 26.7. The molecule has 0 aromatic rings. The second-order valence-electron chi connectivity index (χ2n) is 10.3. The zero-order valence-corrected chi connectivity index (χ0v) is 20.8. The average Bonchev–Trinajstić information content (AvgIpc) is 2.64. The van der Waals surface area contributed by atoms with Crippen LogP contribution in [0.25, 0.3) is 0 Å². The van der Waals surface area contributed by atoms with Crippen LogP contribution in [0.4, 0.5) is 9.59 Å². The molecule has 10 heteroatoms. The van der Waals surface area contributed by atoms with Crippen molar-refractivity contribution < 1.29 is 38.7 Å². The highest BCUT2D eigenvalue weighted by Crippen LogP contribution is 2.16. The van der Waals surface area contributed by atoms with Crippen LogP contribution in [0.5, 0.6) is 0 Å². The first-order chi connectivity index (χ1) is 14.6. The summed E-state index contributed by atoms with van der Waals surface area (Å²) in [6.07, 6.45) is -1.45. The lowest BCUT2D eigenvalue weighted by Gasteiger charge is -2.36. The largest absolute Gasteiger partial charge is 0.444 e. The van der Waals surface area contributed by atoms with Crippen LogP contribution < -0.4 is 0 Å². The molecule has 188 valence electrons. The van der Waals surface area contributed by atoms with Gasteiger partial charge in [-0.05, 0) is 55.4 Å². The average molecular weight is 463 g/mol. The van der Waals surface area contributed by atoms with Crippen LogP contribution in [-0.2, 0) is 18.9 Å². The molecule has 0 aromatic heterocycles. The van der Waals surface area contributed by atoms with Gasteiger partial charge in [0.2, 0.25) is 0 Å². The van der Waals surface area contributed by atoms with Crippen molar-refractivity contribution in [1.82, 2.24) is 9.80 Å². The first kappa shape index (κ1) is 28.4. The van der Waals surface area contributed by atoms with Gasteiger partial charge in [0, 0.05) is 0 Å². The molecule has 2 rings (SSSR count). The minimum atomic E-state index is -0.493. The fraction of sp³-hybridized carbons (Fsp3) is 0.909. The third kappa shape index (κ3) is 10.8. The Bertz CT molecular complexity index is 550. The number of carbonyl (C=O) groups is 2. The highest BCUT2D eigenvalue weighted by atomic mass is 16.6. The summed E-state index contributed by atoms with van der Waals surface area (Å²) in [5, 5.41) is 18.1. The Morgan fingerprint density at radius 2 is 1.06 bits per heavy atom. The number of rotatable bonds is 2. The lowest BCUT2D eigenvalue weighted by molar-refractivity contribution is -0.0956. The van der Waals surface area contributed by atoms with Crippen LogP contribution in [0.3, 0.4) is 0 Å². The van der Waals surface area contributed by atoms with E-state index in [0.29, 0.717) is 26.2 Å². The molecular formula is C22H42N2O8. The predicted molar refractivity (Wildman–Crippen MR) is 118 cm³/mol. The maximum Gasteiger partial charge on any atom is 0.410 e. The van der Waals surface area contributed by atoms with Gasteiger partial charge < -0.3 is 39.0 Å². The second-order valence-corrected chi connectivity index (χ2v) is 10.3. The van der Waals surface area contributed by atoms with Crippen molar-refractivity contribution in [2.75, 3.05) is 39.4 Å². The van der Waals surface area contributed by atoms with E-state index in [1.54, 1.807) is 9.80 Å². The smallest absolute Gasteiger partial charge is 0.410 e. The number of amides is 2. The molecule has 2 amide bonds. The third-order valence-electron chi connectivity index (χ3n) is 4.36. The van der Waals surface area contributed by atoms with Gasteiger partial charge >= 0.3 is 12.2 Å². The molecule has 4 atom stereocenters. The minimum Gasteiger partial charge on any atom is -0.444 e. The van der Waals surface area contributed by atoms with E-state index in [1.165, 1.54) is 0 Å². The van der Waals surface area contributed by atoms with Gasteiger partial charge in [-0.1, -0.05) is 0 Å². The highest BCUT2D eigenvalue weighted by Gasteiger charge is 2.32. The molecule has 0 spiro atoms. The monoisotopic (exact) mass is 462 g/mol. The number of hydrogen-bond donors (Lipinski definition) is 2. The standard InChI is InChI=1S/2C11H21NO4/c2*1-8-5-12(6-9(7-13)15-8)10(14)16-11(2,3)4/h2*8-9,13H,5-7H2,1-4H3/t2*8-,9-/m10/s1. The lowest BCUT2D eigenvalue weighted by atomic mass is 10.2. The molecule has 2 N–H and O–H groups in total. The fourth-order valence-electron chi connectivity index (χ4n) is 3.24. The number of aliphatic hydroxyl groups is 2. The zero-order chi connectivity index (χ0) is 24.7. The van der Waals surface area contributed by atoms with Gasteiger partial charge in [0.1, 0.15) is 11.2 Å². The van der Waals surface area contributed by atoms with E-state index in [9.17, 15) is 9.59 Å². The number of aliphatic hydroxyl groups excluding tert-OH is 2. The Hall–Kier alpha value is -1.62. The molecule has 2 heterocycles. The van der Waals surface area contributed by atoms with Crippen molar-refractivity contribution >= 4 is 12.2 Å². The fourth-order valence-corrected chi connectivity index (χ4v) is 3.24. The van der Waals surface area contributed by atoms with Gasteiger partial charge in [-0.3, -0.25) is 0 Å². The normalized spacial score (nSPS) is 26.7. The molecule has 0 unspecified atom stereocenters. The Morgan fingerprint density at radius 1 is 0.750 bits per heavy atom. The lowest BCUT2D eigenvalue weighted by Crippen LogP contribution is -2.51. The number of ether oxygens (including phenoxy) is 4. The van der Waals surface area contributed by atoms with Gasteiger partial charge in [-0.2, -0.15) is 0 Å². The molecule has 2 aliphatic heterocycles. The van der Waals surface area contributed by atoms with Gasteiger partial charge in [0.25, 0.3) is 0 Å².